The lowest BCUT2D eigenvalue weighted by molar-refractivity contribution is 0.118. The Morgan fingerprint density at radius 2 is 1.06 bits per heavy atom. The predicted molar refractivity (Wildman–Crippen MR) is 150 cm³/mol. The van der Waals surface area contributed by atoms with Crippen LogP contribution >= 0.6 is 41.2 Å². The second-order valence-electron chi connectivity index (χ2n) is 8.66. The van der Waals surface area contributed by atoms with Crippen LogP contribution in [-0.2, 0) is 13.3 Å². The van der Waals surface area contributed by atoms with E-state index in [1.165, 1.54) is 31.4 Å². The molecule has 12 heteroatoms. The highest BCUT2D eigenvalue weighted by atomic mass is 33.7. The lowest BCUT2D eigenvalue weighted by Gasteiger charge is -2.28. The maximum Gasteiger partial charge on any atom is 0.500 e. The Morgan fingerprint density at radius 1 is 0.656 bits per heavy atom. The van der Waals surface area contributed by atoms with Crippen LogP contribution in [0.4, 0.5) is 0 Å². The molecule has 0 spiro atoms. The molecule has 0 saturated carbocycles. The van der Waals surface area contributed by atoms with Crippen molar-refractivity contribution in [3.8, 4) is 0 Å². The van der Waals surface area contributed by atoms with Crippen LogP contribution in [0.1, 0.15) is 52.4 Å². The lowest BCUT2D eigenvalue weighted by atomic mass is 10.1. The van der Waals surface area contributed by atoms with Gasteiger partial charge in [-0.15, -0.1) is 0 Å². The molecule has 0 aliphatic rings. The fourth-order valence-electron chi connectivity index (χ4n) is 3.63. The van der Waals surface area contributed by atoms with E-state index in [1.54, 1.807) is 21.3 Å². The number of aliphatic hydroxyl groups is 3. The molecule has 32 heavy (non-hydrogen) atoms. The second-order valence-corrected chi connectivity index (χ2v) is 22.3. The van der Waals surface area contributed by atoms with Crippen molar-refractivity contribution in [3.05, 3.63) is 0 Å². The van der Waals surface area contributed by atoms with Gasteiger partial charge in [-0.25, -0.2) is 0 Å². The molecule has 3 N–H and O–H groups in total. The van der Waals surface area contributed by atoms with Gasteiger partial charge < -0.3 is 28.6 Å². The van der Waals surface area contributed by atoms with E-state index < -0.39 is 16.9 Å². The lowest BCUT2D eigenvalue weighted by Crippen LogP contribution is -2.49. The van der Waals surface area contributed by atoms with Gasteiger partial charge in [0.2, 0.25) is 0 Å². The Balaban J connectivity index is 3.60. The molecule has 0 heterocycles. The normalized spacial score (nSPS) is 14.6. The molecule has 0 aromatic carbocycles. The standard InChI is InChI=1S/C20H46O6S4Si2/c1-19(14-31(16-21,17-22)18-23)10-6-8-12-27-29-30-28-13-9-7-11-20(2)15-32(24-3,25-4)26-5/h19-23H,6-18H2,1-5H3. The van der Waals surface area contributed by atoms with Crippen molar-refractivity contribution < 1.29 is 28.6 Å². The maximum atomic E-state index is 9.50. The van der Waals surface area contributed by atoms with Crippen LogP contribution < -0.4 is 0 Å². The largest absolute Gasteiger partial charge is 0.500 e. The van der Waals surface area contributed by atoms with Crippen LogP contribution in [0.5, 0.6) is 0 Å². The summed E-state index contributed by atoms with van der Waals surface area (Å²) in [6, 6.07) is 1.67. The van der Waals surface area contributed by atoms with E-state index >= 15 is 0 Å². The number of hydrogen-bond donors (Lipinski definition) is 3. The third kappa shape index (κ3) is 14.9. The topological polar surface area (TPSA) is 88.4 Å². The molecule has 194 valence electrons. The van der Waals surface area contributed by atoms with Crippen LogP contribution in [0.15, 0.2) is 0 Å². The minimum absolute atomic E-state index is 0.0253. The van der Waals surface area contributed by atoms with Crippen molar-refractivity contribution in [2.75, 3.05) is 51.5 Å². The Labute approximate surface area is 213 Å². The third-order valence-corrected chi connectivity index (χ3v) is 19.1. The highest BCUT2D eigenvalue weighted by Gasteiger charge is 2.39. The van der Waals surface area contributed by atoms with E-state index in [1.807, 2.05) is 41.2 Å². The minimum Gasteiger partial charge on any atom is -0.399 e. The monoisotopic (exact) mass is 566 g/mol. The van der Waals surface area contributed by atoms with E-state index in [-0.39, 0.29) is 18.7 Å². The summed E-state index contributed by atoms with van der Waals surface area (Å²) < 4.78 is 16.5. The van der Waals surface area contributed by atoms with Crippen molar-refractivity contribution in [2.45, 2.75) is 64.5 Å². The van der Waals surface area contributed by atoms with Gasteiger partial charge in [0.25, 0.3) is 0 Å². The van der Waals surface area contributed by atoms with Crippen molar-refractivity contribution in [1.29, 1.82) is 0 Å². The van der Waals surface area contributed by atoms with E-state index in [4.69, 9.17) is 13.3 Å². The highest BCUT2D eigenvalue weighted by molar-refractivity contribution is 9.26. The molecule has 0 amide bonds. The quantitative estimate of drug-likeness (QED) is 0.0871. The molecule has 0 aliphatic carbocycles. The molecule has 0 aromatic heterocycles. The Hall–Kier alpha value is 1.59. The van der Waals surface area contributed by atoms with Gasteiger partial charge in [0.05, 0.1) is 0 Å². The number of aliphatic hydroxyl groups excluding tert-OH is 3. The smallest absolute Gasteiger partial charge is 0.399 e. The Morgan fingerprint density at radius 3 is 1.44 bits per heavy atom. The van der Waals surface area contributed by atoms with Crippen LogP contribution in [0.2, 0.25) is 12.1 Å². The molecule has 0 aliphatic heterocycles. The molecule has 0 saturated heterocycles. The summed E-state index contributed by atoms with van der Waals surface area (Å²) in [7, 11) is 7.94. The molecule has 2 atom stereocenters. The first kappa shape index (κ1) is 33.6. The first-order valence-electron chi connectivity index (χ1n) is 11.4. The van der Waals surface area contributed by atoms with Gasteiger partial charge in [-0.2, -0.15) is 0 Å². The summed E-state index contributed by atoms with van der Waals surface area (Å²) in [5.41, 5.74) is 0. The van der Waals surface area contributed by atoms with Gasteiger partial charge in [0, 0.05) is 57.6 Å². The Bertz CT molecular complexity index is 380. The van der Waals surface area contributed by atoms with Gasteiger partial charge in [0.15, 0.2) is 0 Å². The average molecular weight is 567 g/mol. The van der Waals surface area contributed by atoms with Crippen molar-refractivity contribution >= 4 is 58.1 Å². The number of rotatable bonds is 23. The van der Waals surface area contributed by atoms with Gasteiger partial charge >= 0.3 is 8.80 Å². The summed E-state index contributed by atoms with van der Waals surface area (Å²) >= 11 is 0. The molecule has 0 aromatic rings. The van der Waals surface area contributed by atoms with Gasteiger partial charge in [0.1, 0.15) is 8.07 Å². The van der Waals surface area contributed by atoms with Crippen molar-refractivity contribution in [1.82, 2.24) is 0 Å². The summed E-state index contributed by atoms with van der Waals surface area (Å²) in [6.07, 6.45) is 7.00. The zero-order valence-electron chi connectivity index (χ0n) is 20.5. The third-order valence-electron chi connectivity index (χ3n) is 5.79. The SMILES string of the molecule is CO[Si](CC(C)CCCCSSSSCCCCC(C)C[Si](CO)(CO)CO)(OC)OC. The number of unbranched alkanes of at least 4 members (excludes halogenated alkanes) is 2. The molecule has 0 bridgehead atoms. The van der Waals surface area contributed by atoms with Crippen LogP contribution in [-0.4, -0.2) is 83.7 Å². The molecular weight excluding hydrogens is 521 g/mol. The summed E-state index contributed by atoms with van der Waals surface area (Å²) in [5.74, 6) is 3.32. The summed E-state index contributed by atoms with van der Waals surface area (Å²) in [6.45, 7) is 4.42. The van der Waals surface area contributed by atoms with E-state index in [0.717, 1.165) is 30.7 Å². The second kappa shape index (κ2) is 20.8. The zero-order chi connectivity index (χ0) is 24.3. The minimum atomic E-state index is -2.45. The fraction of sp³-hybridized carbons (Fsp3) is 1.00. The van der Waals surface area contributed by atoms with Crippen molar-refractivity contribution in [3.63, 3.8) is 0 Å². The van der Waals surface area contributed by atoms with Crippen molar-refractivity contribution in [2.24, 2.45) is 11.8 Å². The maximum absolute atomic E-state index is 9.50. The predicted octanol–water partition coefficient (Wildman–Crippen LogP) is 5.20. The fourth-order valence-corrected chi connectivity index (χ4v) is 14.3. The molecule has 0 rings (SSSR count). The number of hydrogen-bond acceptors (Lipinski definition) is 10. The van der Waals surface area contributed by atoms with E-state index in [2.05, 4.69) is 13.8 Å². The van der Waals surface area contributed by atoms with Gasteiger partial charge in [-0.1, -0.05) is 61.1 Å². The van der Waals surface area contributed by atoms with Crippen LogP contribution in [0.3, 0.4) is 0 Å². The molecule has 2 unspecified atom stereocenters. The molecular formula is C20H46O6S4Si2. The molecule has 6 nitrogen and oxygen atoms in total. The van der Waals surface area contributed by atoms with E-state index in [9.17, 15) is 15.3 Å². The van der Waals surface area contributed by atoms with E-state index in [0.29, 0.717) is 11.8 Å². The zero-order valence-corrected chi connectivity index (χ0v) is 25.8. The molecule has 0 radical (unpaired) electrons. The molecule has 0 fully saturated rings. The first-order chi connectivity index (χ1) is 15.4. The highest BCUT2D eigenvalue weighted by Crippen LogP contribution is 2.43. The van der Waals surface area contributed by atoms with Crippen LogP contribution in [0, 0.1) is 11.8 Å². The summed E-state index contributed by atoms with van der Waals surface area (Å²) in [4.78, 5) is 0. The Kier molecular flexibility index (Phi) is 21.8. The first-order valence-corrected chi connectivity index (χ1v) is 21.3. The van der Waals surface area contributed by atoms with Gasteiger partial charge in [-0.05, 0) is 50.4 Å². The average Bonchev–Trinajstić information content (AvgIpc) is 2.81. The van der Waals surface area contributed by atoms with Gasteiger partial charge in [-0.3, -0.25) is 0 Å². The summed E-state index contributed by atoms with van der Waals surface area (Å²) in [5, 5.41) is 28.5. The van der Waals surface area contributed by atoms with Crippen LogP contribution in [0.25, 0.3) is 0 Å².